The lowest BCUT2D eigenvalue weighted by atomic mass is 10.2. The standard InChI is InChI=1S/C13H16N4S/c1-14-11-6-4-5-10(9-11)12-15-16-13(18-12)17-7-2-3-8-17/h4-6,9,14H,2-3,7-8H2,1H3. The molecule has 0 saturated carbocycles. The van der Waals surface area contributed by atoms with Gasteiger partial charge in [0.05, 0.1) is 0 Å². The molecule has 0 bridgehead atoms. The fourth-order valence-electron chi connectivity index (χ4n) is 2.18. The molecule has 5 heteroatoms. The summed E-state index contributed by atoms with van der Waals surface area (Å²) < 4.78 is 0. The number of benzene rings is 1. The molecule has 1 fully saturated rings. The van der Waals surface area contributed by atoms with Crippen molar-refractivity contribution in [1.82, 2.24) is 10.2 Å². The molecule has 3 rings (SSSR count). The van der Waals surface area contributed by atoms with Gasteiger partial charge >= 0.3 is 0 Å². The summed E-state index contributed by atoms with van der Waals surface area (Å²) in [5.41, 5.74) is 2.23. The second kappa shape index (κ2) is 4.94. The quantitative estimate of drug-likeness (QED) is 0.921. The Bertz CT molecular complexity index is 531. The Morgan fingerprint density at radius 1 is 1.22 bits per heavy atom. The van der Waals surface area contributed by atoms with Gasteiger partial charge in [0.15, 0.2) is 0 Å². The van der Waals surface area contributed by atoms with E-state index >= 15 is 0 Å². The zero-order chi connectivity index (χ0) is 12.4. The number of hydrogen-bond donors (Lipinski definition) is 1. The van der Waals surface area contributed by atoms with Crippen LogP contribution >= 0.6 is 11.3 Å². The maximum Gasteiger partial charge on any atom is 0.208 e. The second-order valence-corrected chi connectivity index (χ2v) is 5.37. The van der Waals surface area contributed by atoms with Crippen LogP contribution in [0.1, 0.15) is 12.8 Å². The molecule has 0 unspecified atom stereocenters. The lowest BCUT2D eigenvalue weighted by Gasteiger charge is -2.10. The lowest BCUT2D eigenvalue weighted by Crippen LogP contribution is -2.17. The van der Waals surface area contributed by atoms with Crippen molar-refractivity contribution >= 4 is 22.2 Å². The molecule has 1 aliphatic rings. The van der Waals surface area contributed by atoms with Gasteiger partial charge in [0.1, 0.15) is 5.01 Å². The van der Waals surface area contributed by atoms with Crippen molar-refractivity contribution < 1.29 is 0 Å². The zero-order valence-electron chi connectivity index (χ0n) is 10.4. The molecule has 18 heavy (non-hydrogen) atoms. The Labute approximate surface area is 111 Å². The van der Waals surface area contributed by atoms with E-state index in [1.807, 2.05) is 19.2 Å². The van der Waals surface area contributed by atoms with Crippen LogP contribution in [0.3, 0.4) is 0 Å². The van der Waals surface area contributed by atoms with Gasteiger partial charge in [0.2, 0.25) is 5.13 Å². The summed E-state index contributed by atoms with van der Waals surface area (Å²) in [5, 5.41) is 13.8. The van der Waals surface area contributed by atoms with Crippen LogP contribution in [-0.2, 0) is 0 Å². The first-order valence-electron chi connectivity index (χ1n) is 6.23. The fourth-order valence-corrected chi connectivity index (χ4v) is 3.07. The van der Waals surface area contributed by atoms with E-state index in [0.29, 0.717) is 0 Å². The smallest absolute Gasteiger partial charge is 0.208 e. The van der Waals surface area contributed by atoms with Crippen LogP contribution in [0.25, 0.3) is 10.6 Å². The number of nitrogens with zero attached hydrogens (tertiary/aromatic N) is 3. The van der Waals surface area contributed by atoms with Crippen molar-refractivity contribution in [2.45, 2.75) is 12.8 Å². The molecule has 94 valence electrons. The van der Waals surface area contributed by atoms with E-state index in [-0.39, 0.29) is 0 Å². The van der Waals surface area contributed by atoms with Crippen molar-refractivity contribution in [1.29, 1.82) is 0 Å². The van der Waals surface area contributed by atoms with Crippen LogP contribution < -0.4 is 10.2 Å². The largest absolute Gasteiger partial charge is 0.388 e. The molecule has 0 radical (unpaired) electrons. The van der Waals surface area contributed by atoms with E-state index in [0.717, 1.165) is 34.5 Å². The van der Waals surface area contributed by atoms with Crippen LogP contribution in [0.15, 0.2) is 24.3 Å². The Hall–Kier alpha value is -1.62. The highest BCUT2D eigenvalue weighted by molar-refractivity contribution is 7.18. The first kappa shape index (κ1) is 11.5. The van der Waals surface area contributed by atoms with Gasteiger partial charge in [-0.1, -0.05) is 23.5 Å². The third-order valence-corrected chi connectivity index (χ3v) is 4.22. The molecular weight excluding hydrogens is 244 g/mol. The monoisotopic (exact) mass is 260 g/mol. The molecule has 0 aliphatic carbocycles. The number of anilines is 2. The van der Waals surface area contributed by atoms with Gasteiger partial charge in [0, 0.05) is 31.4 Å². The van der Waals surface area contributed by atoms with Gasteiger partial charge in [0.25, 0.3) is 0 Å². The molecule has 1 N–H and O–H groups in total. The molecule has 1 aromatic heterocycles. The van der Waals surface area contributed by atoms with Crippen molar-refractivity contribution in [2.24, 2.45) is 0 Å². The Kier molecular flexibility index (Phi) is 3.15. The van der Waals surface area contributed by atoms with Gasteiger partial charge < -0.3 is 10.2 Å². The molecule has 1 saturated heterocycles. The van der Waals surface area contributed by atoms with Gasteiger partial charge in [-0.15, -0.1) is 10.2 Å². The average Bonchev–Trinajstić information content (AvgIpc) is 3.09. The van der Waals surface area contributed by atoms with Gasteiger partial charge in [-0.05, 0) is 25.0 Å². The number of nitrogens with one attached hydrogen (secondary N) is 1. The first-order valence-corrected chi connectivity index (χ1v) is 7.05. The zero-order valence-corrected chi connectivity index (χ0v) is 11.2. The molecule has 0 atom stereocenters. The van der Waals surface area contributed by atoms with Gasteiger partial charge in [-0.2, -0.15) is 0 Å². The summed E-state index contributed by atoms with van der Waals surface area (Å²) in [6.45, 7) is 2.23. The predicted octanol–water partition coefficient (Wildman–Crippen LogP) is 2.85. The highest BCUT2D eigenvalue weighted by Crippen LogP contribution is 2.31. The van der Waals surface area contributed by atoms with E-state index < -0.39 is 0 Å². The van der Waals surface area contributed by atoms with Crippen LogP contribution in [0.4, 0.5) is 10.8 Å². The number of aromatic nitrogens is 2. The summed E-state index contributed by atoms with van der Waals surface area (Å²) in [6.07, 6.45) is 2.54. The van der Waals surface area contributed by atoms with E-state index in [1.165, 1.54) is 12.8 Å². The Morgan fingerprint density at radius 2 is 2.06 bits per heavy atom. The maximum atomic E-state index is 4.31. The molecule has 0 spiro atoms. The summed E-state index contributed by atoms with van der Waals surface area (Å²) in [7, 11) is 1.93. The SMILES string of the molecule is CNc1cccc(-c2nnc(N3CCCC3)s2)c1. The fraction of sp³-hybridized carbons (Fsp3) is 0.385. The average molecular weight is 260 g/mol. The van der Waals surface area contributed by atoms with Crippen molar-refractivity contribution in [2.75, 3.05) is 30.4 Å². The number of rotatable bonds is 3. The van der Waals surface area contributed by atoms with E-state index in [1.54, 1.807) is 11.3 Å². The van der Waals surface area contributed by atoms with E-state index in [2.05, 4.69) is 32.5 Å². The number of hydrogen-bond acceptors (Lipinski definition) is 5. The topological polar surface area (TPSA) is 41.1 Å². The molecule has 0 amide bonds. The third-order valence-electron chi connectivity index (χ3n) is 3.19. The highest BCUT2D eigenvalue weighted by atomic mass is 32.1. The van der Waals surface area contributed by atoms with Crippen LogP contribution in [0, 0.1) is 0 Å². The van der Waals surface area contributed by atoms with Crippen LogP contribution in [0.5, 0.6) is 0 Å². The van der Waals surface area contributed by atoms with Gasteiger partial charge in [-0.25, -0.2) is 0 Å². The van der Waals surface area contributed by atoms with E-state index in [4.69, 9.17) is 0 Å². The van der Waals surface area contributed by atoms with Crippen LogP contribution in [-0.4, -0.2) is 30.3 Å². The van der Waals surface area contributed by atoms with Crippen molar-refractivity contribution in [3.8, 4) is 10.6 Å². The lowest BCUT2D eigenvalue weighted by molar-refractivity contribution is 0.929. The van der Waals surface area contributed by atoms with Crippen molar-refractivity contribution in [3.63, 3.8) is 0 Å². The molecule has 2 aromatic rings. The first-order chi connectivity index (χ1) is 8.86. The second-order valence-electron chi connectivity index (χ2n) is 4.41. The minimum absolute atomic E-state index is 0.994. The third kappa shape index (κ3) is 2.18. The summed E-state index contributed by atoms with van der Waals surface area (Å²) in [5.74, 6) is 0. The molecule has 1 aromatic carbocycles. The molecule has 2 heterocycles. The maximum absolute atomic E-state index is 4.31. The molecule has 1 aliphatic heterocycles. The minimum atomic E-state index is 0.994. The summed E-state index contributed by atoms with van der Waals surface area (Å²) in [4.78, 5) is 2.32. The Balaban J connectivity index is 1.87. The summed E-state index contributed by atoms with van der Waals surface area (Å²) >= 11 is 1.68. The van der Waals surface area contributed by atoms with E-state index in [9.17, 15) is 0 Å². The molecular formula is C13H16N4S. The van der Waals surface area contributed by atoms with Crippen molar-refractivity contribution in [3.05, 3.63) is 24.3 Å². The summed E-state index contributed by atoms with van der Waals surface area (Å²) in [6, 6.07) is 8.27. The van der Waals surface area contributed by atoms with Gasteiger partial charge in [-0.3, -0.25) is 0 Å². The normalized spacial score (nSPS) is 15.1. The van der Waals surface area contributed by atoms with Crippen LogP contribution in [0.2, 0.25) is 0 Å². The molecule has 4 nitrogen and oxygen atoms in total. The Morgan fingerprint density at radius 3 is 2.83 bits per heavy atom. The minimum Gasteiger partial charge on any atom is -0.388 e. The predicted molar refractivity (Wildman–Crippen MR) is 76.3 cm³/mol. The highest BCUT2D eigenvalue weighted by Gasteiger charge is 2.17.